The number of allylic oxidation sites excluding steroid dienone is 3. The summed E-state index contributed by atoms with van der Waals surface area (Å²) in [6.07, 6.45) is 44.1. The van der Waals surface area contributed by atoms with Gasteiger partial charge in [-0.3, -0.25) is 9.59 Å². The Bertz CT molecular complexity index is 1170. The number of carbonyl (C=O) groups is 2. The van der Waals surface area contributed by atoms with Crippen LogP contribution in [0.5, 0.6) is 0 Å². The van der Waals surface area contributed by atoms with E-state index in [4.69, 9.17) is 14.2 Å². The minimum Gasteiger partial charge on any atom is -0.466 e. The maximum Gasteiger partial charge on any atom is 0.305 e. The lowest BCUT2D eigenvalue weighted by atomic mass is 9.99. The van der Waals surface area contributed by atoms with Gasteiger partial charge >= 0.3 is 5.97 Å². The fourth-order valence-electron chi connectivity index (χ4n) is 8.80. The molecule has 7 unspecified atom stereocenters. The van der Waals surface area contributed by atoms with Crippen molar-refractivity contribution in [2.45, 2.75) is 301 Å². The van der Waals surface area contributed by atoms with Crippen molar-refractivity contribution in [3.8, 4) is 0 Å². The Labute approximate surface area is 410 Å². The second kappa shape index (κ2) is 46.5. The maximum absolute atomic E-state index is 13.0. The number of amides is 1. The molecule has 1 aliphatic heterocycles. The molecule has 0 aliphatic carbocycles. The van der Waals surface area contributed by atoms with Gasteiger partial charge in [0.1, 0.15) is 24.4 Å². The molecule has 11 nitrogen and oxygen atoms in total. The predicted octanol–water partition coefficient (Wildman–Crippen LogP) is 12.2. The molecule has 6 N–H and O–H groups in total. The summed E-state index contributed by atoms with van der Waals surface area (Å²) < 4.78 is 16.7. The molecule has 0 aromatic rings. The number of nitrogens with one attached hydrogen (secondary N) is 1. The first-order valence-corrected chi connectivity index (χ1v) is 28.1. The van der Waals surface area contributed by atoms with E-state index in [1.807, 2.05) is 6.08 Å². The summed E-state index contributed by atoms with van der Waals surface area (Å²) >= 11 is 0. The molecule has 1 aliphatic rings. The van der Waals surface area contributed by atoms with E-state index in [9.17, 15) is 35.1 Å². The van der Waals surface area contributed by atoms with Crippen molar-refractivity contribution in [2.24, 2.45) is 0 Å². The SMILES string of the molecule is CCCCCCC/C=C/CC/C=C/C(O)C(COC1OC(CO)C(O)C(O)C1O)NC(=O)CCCCCCCCCCCCCCCCCCCOC(=O)CCCCCCCCCCCCC. The smallest absolute Gasteiger partial charge is 0.305 e. The summed E-state index contributed by atoms with van der Waals surface area (Å²) in [5.41, 5.74) is 0. The Kier molecular flexibility index (Phi) is 43.8. The second-order valence-corrected chi connectivity index (χ2v) is 19.6. The van der Waals surface area contributed by atoms with Gasteiger partial charge < -0.3 is 45.1 Å². The van der Waals surface area contributed by atoms with E-state index >= 15 is 0 Å². The number of aliphatic hydroxyl groups is 5. The van der Waals surface area contributed by atoms with Crippen molar-refractivity contribution < 1.29 is 49.3 Å². The number of esters is 1. The number of rotatable bonds is 48. The summed E-state index contributed by atoms with van der Waals surface area (Å²) in [5, 5.41) is 54.2. The van der Waals surface area contributed by atoms with Gasteiger partial charge in [-0.15, -0.1) is 0 Å². The number of carbonyl (C=O) groups excluding carboxylic acids is 2. The molecular formula is C56H105NO10. The standard InChI is InChI=1S/C56H105NO10/c1-3-5-7-9-11-13-22-26-30-34-38-42-49(59)48(47-66-56-55(64)54(63)53(62)50(46-58)67-56)57-51(60)43-39-35-31-27-24-20-18-16-15-17-19-21-25-29-33-37-41-45-65-52(61)44-40-36-32-28-23-14-12-10-8-6-4-2/h22,26,38,42,48-50,53-56,58-59,62-64H,3-21,23-25,27-37,39-41,43-47H2,1-2H3,(H,57,60)/b26-22+,42-38+. The first-order valence-electron chi connectivity index (χ1n) is 28.1. The molecule has 0 radical (unpaired) electrons. The third-order valence-corrected chi connectivity index (χ3v) is 13.3. The van der Waals surface area contributed by atoms with Crippen LogP contribution in [0.15, 0.2) is 24.3 Å². The van der Waals surface area contributed by atoms with Gasteiger partial charge in [-0.2, -0.15) is 0 Å². The monoisotopic (exact) mass is 952 g/mol. The lowest BCUT2D eigenvalue weighted by Crippen LogP contribution is -2.60. The van der Waals surface area contributed by atoms with Crippen LogP contribution in [0.4, 0.5) is 0 Å². The largest absolute Gasteiger partial charge is 0.466 e. The predicted molar refractivity (Wildman–Crippen MR) is 274 cm³/mol. The molecule has 67 heavy (non-hydrogen) atoms. The average molecular weight is 952 g/mol. The van der Waals surface area contributed by atoms with Crippen LogP contribution in [0.2, 0.25) is 0 Å². The fourth-order valence-corrected chi connectivity index (χ4v) is 8.80. The molecule has 1 fully saturated rings. The Morgan fingerprint density at radius 1 is 0.537 bits per heavy atom. The van der Waals surface area contributed by atoms with Gasteiger partial charge in [0, 0.05) is 12.8 Å². The molecule has 1 saturated heterocycles. The molecule has 1 rings (SSSR count). The van der Waals surface area contributed by atoms with E-state index in [0.29, 0.717) is 19.4 Å². The van der Waals surface area contributed by atoms with Crippen molar-refractivity contribution in [1.82, 2.24) is 5.32 Å². The topological polar surface area (TPSA) is 175 Å². The Morgan fingerprint density at radius 3 is 1.48 bits per heavy atom. The van der Waals surface area contributed by atoms with Gasteiger partial charge in [0.05, 0.1) is 32.0 Å². The number of hydrogen-bond donors (Lipinski definition) is 6. The van der Waals surface area contributed by atoms with E-state index in [2.05, 4.69) is 31.3 Å². The molecule has 1 heterocycles. The summed E-state index contributed by atoms with van der Waals surface area (Å²) in [5.74, 6) is -0.211. The molecule has 7 atom stereocenters. The van der Waals surface area contributed by atoms with Crippen LogP contribution in [0.1, 0.15) is 258 Å². The van der Waals surface area contributed by atoms with E-state index in [-0.39, 0.29) is 18.5 Å². The van der Waals surface area contributed by atoms with Crippen molar-refractivity contribution in [3.63, 3.8) is 0 Å². The van der Waals surface area contributed by atoms with Gasteiger partial charge in [-0.25, -0.2) is 0 Å². The van der Waals surface area contributed by atoms with Crippen molar-refractivity contribution in [3.05, 3.63) is 24.3 Å². The summed E-state index contributed by atoms with van der Waals surface area (Å²) in [6, 6.07) is -0.830. The molecule has 0 aromatic carbocycles. The molecule has 0 spiro atoms. The van der Waals surface area contributed by atoms with Gasteiger partial charge in [0.15, 0.2) is 6.29 Å². The Morgan fingerprint density at radius 2 is 0.970 bits per heavy atom. The minimum absolute atomic E-state index is 0.0126. The van der Waals surface area contributed by atoms with Gasteiger partial charge in [-0.1, -0.05) is 224 Å². The zero-order valence-electron chi connectivity index (χ0n) is 43.1. The van der Waals surface area contributed by atoms with Crippen LogP contribution in [0.25, 0.3) is 0 Å². The highest BCUT2D eigenvalue weighted by Gasteiger charge is 2.44. The number of aliphatic hydroxyl groups excluding tert-OH is 5. The van der Waals surface area contributed by atoms with E-state index in [0.717, 1.165) is 70.6 Å². The molecule has 1 amide bonds. The third-order valence-electron chi connectivity index (χ3n) is 13.3. The molecular weight excluding hydrogens is 847 g/mol. The maximum atomic E-state index is 13.0. The first kappa shape index (κ1) is 63.2. The van der Waals surface area contributed by atoms with Crippen LogP contribution in [-0.4, -0.2) is 100 Å². The summed E-state index contributed by atoms with van der Waals surface area (Å²) in [6.45, 7) is 4.28. The number of hydrogen-bond acceptors (Lipinski definition) is 10. The van der Waals surface area contributed by atoms with Gasteiger partial charge in [-0.05, 0) is 44.9 Å². The van der Waals surface area contributed by atoms with Crippen molar-refractivity contribution in [2.75, 3.05) is 19.8 Å². The molecule has 11 heteroatoms. The highest BCUT2D eigenvalue weighted by molar-refractivity contribution is 5.76. The second-order valence-electron chi connectivity index (χ2n) is 19.6. The van der Waals surface area contributed by atoms with Crippen LogP contribution in [0, 0.1) is 0 Å². The lowest BCUT2D eigenvalue weighted by molar-refractivity contribution is -0.302. The quantitative estimate of drug-likeness (QED) is 0.0196. The lowest BCUT2D eigenvalue weighted by Gasteiger charge is -2.40. The summed E-state index contributed by atoms with van der Waals surface area (Å²) in [4.78, 5) is 25.0. The molecule has 394 valence electrons. The third kappa shape index (κ3) is 36.7. The van der Waals surface area contributed by atoms with E-state index < -0.39 is 49.5 Å². The van der Waals surface area contributed by atoms with Gasteiger partial charge in [0.25, 0.3) is 0 Å². The van der Waals surface area contributed by atoms with Crippen molar-refractivity contribution in [1.29, 1.82) is 0 Å². The van der Waals surface area contributed by atoms with Crippen LogP contribution < -0.4 is 5.32 Å². The zero-order valence-corrected chi connectivity index (χ0v) is 43.1. The fraction of sp³-hybridized carbons (Fsp3) is 0.893. The normalized spacial score (nSPS) is 19.7. The average Bonchev–Trinajstić information content (AvgIpc) is 3.32. The molecule has 0 aromatic heterocycles. The Balaban J connectivity index is 2.10. The zero-order chi connectivity index (χ0) is 48.8. The van der Waals surface area contributed by atoms with Crippen LogP contribution in [-0.2, 0) is 23.8 Å². The van der Waals surface area contributed by atoms with Crippen LogP contribution >= 0.6 is 0 Å². The number of ether oxygens (including phenoxy) is 3. The minimum atomic E-state index is -1.58. The van der Waals surface area contributed by atoms with Gasteiger partial charge in [0.2, 0.25) is 5.91 Å². The van der Waals surface area contributed by atoms with E-state index in [1.165, 1.54) is 161 Å². The highest BCUT2D eigenvalue weighted by atomic mass is 16.7. The summed E-state index contributed by atoms with van der Waals surface area (Å²) in [7, 11) is 0. The highest BCUT2D eigenvalue weighted by Crippen LogP contribution is 2.23. The Hall–Kier alpha value is -1.86. The van der Waals surface area contributed by atoms with Crippen molar-refractivity contribution >= 4 is 11.9 Å². The molecule has 0 saturated carbocycles. The van der Waals surface area contributed by atoms with E-state index in [1.54, 1.807) is 6.08 Å². The van der Waals surface area contributed by atoms with Crippen LogP contribution in [0.3, 0.4) is 0 Å². The number of unbranched alkanes of at least 4 members (excludes halogenated alkanes) is 32. The first-order chi connectivity index (χ1) is 32.7. The molecule has 0 bridgehead atoms.